The normalized spacial score (nSPS) is 10.4. The van der Waals surface area contributed by atoms with Gasteiger partial charge in [-0.1, -0.05) is 42.5 Å². The van der Waals surface area contributed by atoms with Gasteiger partial charge in [-0.05, 0) is 42.3 Å². The molecule has 0 unspecified atom stereocenters. The molecule has 0 aromatic heterocycles. The van der Waals surface area contributed by atoms with Gasteiger partial charge in [0.2, 0.25) is 0 Å². The maximum atomic E-state index is 8.44. The summed E-state index contributed by atoms with van der Waals surface area (Å²) in [7, 11) is 0. The Hall–Kier alpha value is -1.85. The molecule has 0 aliphatic carbocycles. The number of nitriles is 1. The van der Waals surface area contributed by atoms with Crippen LogP contribution in [0.5, 0.6) is 0 Å². The Labute approximate surface area is 108 Å². The van der Waals surface area contributed by atoms with E-state index in [9.17, 15) is 0 Å². The van der Waals surface area contributed by atoms with Crippen molar-refractivity contribution >= 4 is 10.8 Å². The summed E-state index contributed by atoms with van der Waals surface area (Å²) >= 11 is 0. The van der Waals surface area contributed by atoms with E-state index in [1.165, 1.54) is 16.3 Å². The standard InChI is InChI=1S/C16H18N2/c17-11-3-4-12-18-13-10-15-8-5-7-14-6-1-2-9-16(14)15/h1-2,5-9,18H,3-4,10,12-13H2. The van der Waals surface area contributed by atoms with Crippen LogP contribution in [0.1, 0.15) is 18.4 Å². The number of benzene rings is 2. The van der Waals surface area contributed by atoms with E-state index < -0.39 is 0 Å². The zero-order valence-electron chi connectivity index (χ0n) is 10.5. The average Bonchev–Trinajstić information content (AvgIpc) is 2.43. The topological polar surface area (TPSA) is 35.8 Å². The predicted molar refractivity (Wildman–Crippen MR) is 75.4 cm³/mol. The highest BCUT2D eigenvalue weighted by atomic mass is 14.8. The molecule has 0 atom stereocenters. The molecule has 2 heteroatoms. The van der Waals surface area contributed by atoms with E-state index in [2.05, 4.69) is 53.9 Å². The van der Waals surface area contributed by atoms with Crippen LogP contribution in [-0.4, -0.2) is 13.1 Å². The predicted octanol–water partition coefficient (Wildman–Crippen LogP) is 3.28. The number of fused-ring (bicyclic) bond motifs is 1. The third-order valence-corrected chi connectivity index (χ3v) is 3.09. The molecule has 0 radical (unpaired) electrons. The Morgan fingerprint density at radius 3 is 2.72 bits per heavy atom. The van der Waals surface area contributed by atoms with Gasteiger partial charge in [0.15, 0.2) is 0 Å². The number of unbranched alkanes of at least 4 members (excludes halogenated alkanes) is 1. The number of nitrogens with zero attached hydrogens (tertiary/aromatic N) is 1. The maximum Gasteiger partial charge on any atom is 0.0622 e. The van der Waals surface area contributed by atoms with Crippen molar-refractivity contribution in [1.29, 1.82) is 5.26 Å². The van der Waals surface area contributed by atoms with Crippen molar-refractivity contribution in [1.82, 2.24) is 5.32 Å². The summed E-state index contributed by atoms with van der Waals surface area (Å²) in [5, 5.41) is 14.5. The Morgan fingerprint density at radius 1 is 1.00 bits per heavy atom. The Balaban J connectivity index is 1.90. The largest absolute Gasteiger partial charge is 0.316 e. The van der Waals surface area contributed by atoms with E-state index in [-0.39, 0.29) is 0 Å². The minimum atomic E-state index is 0.640. The Morgan fingerprint density at radius 2 is 1.83 bits per heavy atom. The molecule has 0 aliphatic rings. The molecule has 2 rings (SSSR count). The van der Waals surface area contributed by atoms with Crippen LogP contribution in [-0.2, 0) is 6.42 Å². The summed E-state index contributed by atoms with van der Waals surface area (Å²) < 4.78 is 0. The number of hydrogen-bond donors (Lipinski definition) is 1. The van der Waals surface area contributed by atoms with Crippen LogP contribution in [0.3, 0.4) is 0 Å². The molecule has 92 valence electrons. The van der Waals surface area contributed by atoms with E-state index in [4.69, 9.17) is 5.26 Å². The second-order valence-corrected chi connectivity index (χ2v) is 4.40. The van der Waals surface area contributed by atoms with E-state index in [0.717, 1.165) is 25.9 Å². The zero-order chi connectivity index (χ0) is 12.6. The van der Waals surface area contributed by atoms with Crippen molar-refractivity contribution in [3.8, 4) is 6.07 Å². The molecule has 0 amide bonds. The van der Waals surface area contributed by atoms with Crippen LogP contribution in [0.4, 0.5) is 0 Å². The highest BCUT2D eigenvalue weighted by Gasteiger charge is 1.99. The van der Waals surface area contributed by atoms with Crippen molar-refractivity contribution in [3.05, 3.63) is 48.0 Å². The second kappa shape index (κ2) is 6.78. The number of nitrogens with one attached hydrogen (secondary N) is 1. The summed E-state index contributed by atoms with van der Waals surface area (Å²) in [6.07, 6.45) is 2.61. The third-order valence-electron chi connectivity index (χ3n) is 3.09. The Bertz CT molecular complexity index is 535. The van der Waals surface area contributed by atoms with Gasteiger partial charge in [0, 0.05) is 6.42 Å². The molecule has 0 spiro atoms. The lowest BCUT2D eigenvalue weighted by atomic mass is 10.0. The molecular weight excluding hydrogens is 220 g/mol. The summed E-state index contributed by atoms with van der Waals surface area (Å²) in [6.45, 7) is 1.90. The third kappa shape index (κ3) is 3.32. The van der Waals surface area contributed by atoms with E-state index in [1.807, 2.05) is 0 Å². The van der Waals surface area contributed by atoms with Crippen LogP contribution < -0.4 is 5.32 Å². The SMILES string of the molecule is N#CCCCNCCc1cccc2ccccc12. The first-order valence-electron chi connectivity index (χ1n) is 6.46. The number of hydrogen-bond acceptors (Lipinski definition) is 2. The maximum absolute atomic E-state index is 8.44. The first kappa shape index (κ1) is 12.6. The summed E-state index contributed by atoms with van der Waals surface area (Å²) in [5.41, 5.74) is 1.39. The molecule has 2 aromatic carbocycles. The van der Waals surface area contributed by atoms with Gasteiger partial charge in [0.1, 0.15) is 0 Å². The summed E-state index contributed by atoms with van der Waals surface area (Å²) in [4.78, 5) is 0. The van der Waals surface area contributed by atoms with E-state index >= 15 is 0 Å². The fraction of sp³-hybridized carbons (Fsp3) is 0.312. The first-order chi connectivity index (χ1) is 8.92. The molecule has 0 aliphatic heterocycles. The molecule has 2 aromatic rings. The molecule has 0 fully saturated rings. The van der Waals surface area contributed by atoms with Crippen molar-refractivity contribution < 1.29 is 0 Å². The summed E-state index contributed by atoms with van der Waals surface area (Å²) in [6, 6.07) is 17.1. The lowest BCUT2D eigenvalue weighted by Crippen LogP contribution is -2.18. The average molecular weight is 238 g/mol. The number of rotatable bonds is 6. The van der Waals surface area contributed by atoms with E-state index in [1.54, 1.807) is 0 Å². The van der Waals surface area contributed by atoms with E-state index in [0.29, 0.717) is 6.42 Å². The van der Waals surface area contributed by atoms with Gasteiger partial charge in [0.25, 0.3) is 0 Å². The monoisotopic (exact) mass is 238 g/mol. The molecular formula is C16H18N2. The van der Waals surface area contributed by atoms with Crippen LogP contribution in [0, 0.1) is 11.3 Å². The van der Waals surface area contributed by atoms with Crippen molar-refractivity contribution in [2.75, 3.05) is 13.1 Å². The highest BCUT2D eigenvalue weighted by molar-refractivity contribution is 5.85. The smallest absolute Gasteiger partial charge is 0.0622 e. The quantitative estimate of drug-likeness (QED) is 0.784. The van der Waals surface area contributed by atoms with Crippen molar-refractivity contribution in [2.24, 2.45) is 0 Å². The van der Waals surface area contributed by atoms with Gasteiger partial charge in [-0.2, -0.15) is 5.26 Å². The molecule has 0 bridgehead atoms. The molecule has 0 heterocycles. The van der Waals surface area contributed by atoms with Gasteiger partial charge in [0.05, 0.1) is 6.07 Å². The molecule has 1 N–H and O–H groups in total. The second-order valence-electron chi connectivity index (χ2n) is 4.40. The molecule has 0 saturated carbocycles. The van der Waals surface area contributed by atoms with Gasteiger partial charge in [-0.15, -0.1) is 0 Å². The van der Waals surface area contributed by atoms with Crippen LogP contribution >= 0.6 is 0 Å². The first-order valence-corrected chi connectivity index (χ1v) is 6.46. The lowest BCUT2D eigenvalue weighted by molar-refractivity contribution is 0.656. The van der Waals surface area contributed by atoms with Crippen LogP contribution in [0.2, 0.25) is 0 Å². The lowest BCUT2D eigenvalue weighted by Gasteiger charge is -2.07. The van der Waals surface area contributed by atoms with Gasteiger partial charge in [-0.3, -0.25) is 0 Å². The summed E-state index contributed by atoms with van der Waals surface area (Å²) in [5.74, 6) is 0. The Kier molecular flexibility index (Phi) is 4.75. The molecule has 2 nitrogen and oxygen atoms in total. The zero-order valence-corrected chi connectivity index (χ0v) is 10.5. The minimum absolute atomic E-state index is 0.640. The van der Waals surface area contributed by atoms with Gasteiger partial charge in [-0.25, -0.2) is 0 Å². The minimum Gasteiger partial charge on any atom is -0.316 e. The molecule has 18 heavy (non-hydrogen) atoms. The van der Waals surface area contributed by atoms with Crippen molar-refractivity contribution in [3.63, 3.8) is 0 Å². The fourth-order valence-corrected chi connectivity index (χ4v) is 2.15. The van der Waals surface area contributed by atoms with Gasteiger partial charge < -0.3 is 5.32 Å². The fourth-order valence-electron chi connectivity index (χ4n) is 2.15. The van der Waals surface area contributed by atoms with Crippen LogP contribution in [0.15, 0.2) is 42.5 Å². The van der Waals surface area contributed by atoms with Crippen molar-refractivity contribution in [2.45, 2.75) is 19.3 Å². The van der Waals surface area contributed by atoms with Gasteiger partial charge >= 0.3 is 0 Å². The van der Waals surface area contributed by atoms with Crippen LogP contribution in [0.25, 0.3) is 10.8 Å². The molecule has 0 saturated heterocycles. The highest BCUT2D eigenvalue weighted by Crippen LogP contribution is 2.18.